The second-order valence-corrected chi connectivity index (χ2v) is 4.23. The Morgan fingerprint density at radius 3 is 1.50 bits per heavy atom. The maximum absolute atomic E-state index is 2.51. The molecule has 0 unspecified atom stereocenters. The van der Waals surface area contributed by atoms with E-state index in [9.17, 15) is 0 Å². The van der Waals surface area contributed by atoms with Crippen molar-refractivity contribution in [1.29, 1.82) is 0 Å². The SMILES string of the molecule is CC(C)N(CCN(C)C)C(C)C. The fourth-order valence-corrected chi connectivity index (χ4v) is 1.43. The molecule has 0 aliphatic rings. The minimum absolute atomic E-state index is 0.657. The number of hydrogen-bond donors (Lipinski definition) is 0. The second kappa shape index (κ2) is 5.55. The molecule has 0 aliphatic heterocycles. The van der Waals surface area contributed by atoms with Crippen LogP contribution in [0.5, 0.6) is 0 Å². The molecule has 0 aromatic rings. The first-order chi connectivity index (χ1) is 5.45. The van der Waals surface area contributed by atoms with E-state index in [-0.39, 0.29) is 0 Å². The summed E-state index contributed by atoms with van der Waals surface area (Å²) in [6.45, 7) is 11.4. The molecule has 0 saturated carbocycles. The van der Waals surface area contributed by atoms with Gasteiger partial charge in [0, 0.05) is 25.2 Å². The second-order valence-electron chi connectivity index (χ2n) is 4.23. The van der Waals surface area contributed by atoms with E-state index in [1.807, 2.05) is 0 Å². The highest BCUT2D eigenvalue weighted by Crippen LogP contribution is 2.03. The molecule has 0 rings (SSSR count). The Morgan fingerprint density at radius 2 is 1.25 bits per heavy atom. The molecule has 0 aliphatic carbocycles. The van der Waals surface area contributed by atoms with E-state index in [1.54, 1.807) is 0 Å². The van der Waals surface area contributed by atoms with Gasteiger partial charge in [0.25, 0.3) is 0 Å². The van der Waals surface area contributed by atoms with Gasteiger partial charge in [-0.15, -0.1) is 0 Å². The fourth-order valence-electron chi connectivity index (χ4n) is 1.43. The van der Waals surface area contributed by atoms with Gasteiger partial charge in [0.2, 0.25) is 0 Å². The first kappa shape index (κ1) is 11.9. The summed E-state index contributed by atoms with van der Waals surface area (Å²) in [7, 11) is 4.25. The van der Waals surface area contributed by atoms with E-state index in [0.717, 1.165) is 6.54 Å². The largest absolute Gasteiger partial charge is 0.308 e. The van der Waals surface area contributed by atoms with Crippen molar-refractivity contribution in [3.63, 3.8) is 0 Å². The Hall–Kier alpha value is -0.0800. The Morgan fingerprint density at radius 1 is 0.833 bits per heavy atom. The third-order valence-electron chi connectivity index (χ3n) is 2.13. The maximum atomic E-state index is 2.51. The van der Waals surface area contributed by atoms with Crippen LogP contribution < -0.4 is 0 Å². The van der Waals surface area contributed by atoms with Gasteiger partial charge in [0.1, 0.15) is 0 Å². The van der Waals surface area contributed by atoms with Crippen LogP contribution in [-0.2, 0) is 0 Å². The van der Waals surface area contributed by atoms with Gasteiger partial charge in [-0.3, -0.25) is 4.90 Å². The zero-order valence-electron chi connectivity index (χ0n) is 9.46. The van der Waals surface area contributed by atoms with Crippen LogP contribution in [0.15, 0.2) is 0 Å². The average Bonchev–Trinajstić information content (AvgIpc) is 1.84. The van der Waals surface area contributed by atoms with E-state index in [2.05, 4.69) is 51.6 Å². The highest BCUT2D eigenvalue weighted by atomic mass is 15.2. The zero-order chi connectivity index (χ0) is 9.72. The zero-order valence-corrected chi connectivity index (χ0v) is 9.46. The number of likely N-dealkylation sites (N-methyl/N-ethyl adjacent to an activating group) is 1. The summed E-state index contributed by atoms with van der Waals surface area (Å²) in [5.74, 6) is 0. The fraction of sp³-hybridized carbons (Fsp3) is 1.00. The number of nitrogens with zero attached hydrogens (tertiary/aromatic N) is 2. The van der Waals surface area contributed by atoms with E-state index in [0.29, 0.717) is 12.1 Å². The highest BCUT2D eigenvalue weighted by Gasteiger charge is 2.12. The molecule has 0 bridgehead atoms. The molecular weight excluding hydrogens is 148 g/mol. The average molecular weight is 172 g/mol. The van der Waals surface area contributed by atoms with E-state index >= 15 is 0 Å². The van der Waals surface area contributed by atoms with Gasteiger partial charge in [-0.25, -0.2) is 0 Å². The quantitative estimate of drug-likeness (QED) is 0.622. The Bertz CT molecular complexity index is 100. The van der Waals surface area contributed by atoms with Gasteiger partial charge < -0.3 is 4.90 Å². The van der Waals surface area contributed by atoms with Crippen molar-refractivity contribution in [2.45, 2.75) is 39.8 Å². The van der Waals surface area contributed by atoms with Gasteiger partial charge in [-0.2, -0.15) is 0 Å². The van der Waals surface area contributed by atoms with Crippen molar-refractivity contribution in [3.8, 4) is 0 Å². The summed E-state index contributed by atoms with van der Waals surface area (Å²) in [5.41, 5.74) is 0. The molecule has 0 aromatic heterocycles. The molecule has 0 aromatic carbocycles. The third kappa shape index (κ3) is 4.73. The van der Waals surface area contributed by atoms with Crippen molar-refractivity contribution in [1.82, 2.24) is 9.80 Å². The lowest BCUT2D eigenvalue weighted by Gasteiger charge is -2.31. The molecule has 0 radical (unpaired) electrons. The Labute approximate surface area is 77.5 Å². The Kier molecular flexibility index (Phi) is 5.51. The van der Waals surface area contributed by atoms with Crippen molar-refractivity contribution in [2.75, 3.05) is 27.2 Å². The van der Waals surface area contributed by atoms with Crippen LogP contribution in [0.25, 0.3) is 0 Å². The predicted molar refractivity (Wildman–Crippen MR) is 55.5 cm³/mol. The first-order valence-corrected chi connectivity index (χ1v) is 4.85. The van der Waals surface area contributed by atoms with Crippen LogP contribution in [0.2, 0.25) is 0 Å². The van der Waals surface area contributed by atoms with Crippen LogP contribution in [0.3, 0.4) is 0 Å². The normalized spacial score (nSPS) is 12.5. The van der Waals surface area contributed by atoms with Gasteiger partial charge >= 0.3 is 0 Å². The topological polar surface area (TPSA) is 6.48 Å². The van der Waals surface area contributed by atoms with Crippen molar-refractivity contribution >= 4 is 0 Å². The summed E-state index contributed by atoms with van der Waals surface area (Å²) in [4.78, 5) is 4.75. The molecule has 0 N–H and O–H groups in total. The number of rotatable bonds is 5. The maximum Gasteiger partial charge on any atom is 0.0115 e. The summed E-state index contributed by atoms with van der Waals surface area (Å²) < 4.78 is 0. The van der Waals surface area contributed by atoms with Crippen LogP contribution in [0.1, 0.15) is 27.7 Å². The molecule has 0 atom stereocenters. The van der Waals surface area contributed by atoms with Crippen molar-refractivity contribution < 1.29 is 0 Å². The monoisotopic (exact) mass is 172 g/mol. The van der Waals surface area contributed by atoms with Crippen molar-refractivity contribution in [3.05, 3.63) is 0 Å². The van der Waals surface area contributed by atoms with Gasteiger partial charge in [-0.05, 0) is 41.8 Å². The minimum atomic E-state index is 0.657. The molecule has 0 saturated heterocycles. The van der Waals surface area contributed by atoms with E-state index in [1.165, 1.54) is 6.54 Å². The summed E-state index contributed by atoms with van der Waals surface area (Å²) >= 11 is 0. The highest BCUT2D eigenvalue weighted by molar-refractivity contribution is 4.67. The lowest BCUT2D eigenvalue weighted by atomic mass is 10.2. The molecule has 74 valence electrons. The molecule has 0 heterocycles. The Balaban J connectivity index is 3.80. The van der Waals surface area contributed by atoms with E-state index in [4.69, 9.17) is 0 Å². The third-order valence-corrected chi connectivity index (χ3v) is 2.13. The summed E-state index contributed by atoms with van der Waals surface area (Å²) in [6, 6.07) is 1.31. The molecular formula is C10H24N2. The lowest BCUT2D eigenvalue weighted by molar-refractivity contribution is 0.159. The van der Waals surface area contributed by atoms with Crippen LogP contribution in [0, 0.1) is 0 Å². The molecule has 0 fully saturated rings. The molecule has 0 spiro atoms. The minimum Gasteiger partial charge on any atom is -0.308 e. The molecule has 2 nitrogen and oxygen atoms in total. The number of hydrogen-bond acceptors (Lipinski definition) is 2. The molecule has 0 amide bonds. The summed E-state index contributed by atoms with van der Waals surface area (Å²) in [6.07, 6.45) is 0. The molecule has 2 heteroatoms. The van der Waals surface area contributed by atoms with Gasteiger partial charge in [0.15, 0.2) is 0 Å². The van der Waals surface area contributed by atoms with Gasteiger partial charge in [-0.1, -0.05) is 0 Å². The van der Waals surface area contributed by atoms with Crippen LogP contribution >= 0.6 is 0 Å². The van der Waals surface area contributed by atoms with Gasteiger partial charge in [0.05, 0.1) is 0 Å². The first-order valence-electron chi connectivity index (χ1n) is 4.85. The predicted octanol–water partition coefficient (Wildman–Crippen LogP) is 1.67. The van der Waals surface area contributed by atoms with E-state index < -0.39 is 0 Å². The standard InChI is InChI=1S/C10H24N2/c1-9(2)12(10(3)4)8-7-11(5)6/h9-10H,7-8H2,1-6H3. The van der Waals surface area contributed by atoms with Crippen LogP contribution in [0.4, 0.5) is 0 Å². The summed E-state index contributed by atoms with van der Waals surface area (Å²) in [5, 5.41) is 0. The smallest absolute Gasteiger partial charge is 0.0115 e. The van der Waals surface area contributed by atoms with Crippen molar-refractivity contribution in [2.24, 2.45) is 0 Å². The molecule has 12 heavy (non-hydrogen) atoms. The lowest BCUT2D eigenvalue weighted by Crippen LogP contribution is -2.41. The van der Waals surface area contributed by atoms with Crippen LogP contribution in [-0.4, -0.2) is 49.1 Å².